The van der Waals surface area contributed by atoms with Crippen molar-refractivity contribution in [3.63, 3.8) is 0 Å². The van der Waals surface area contributed by atoms with Crippen LogP contribution in [0.3, 0.4) is 0 Å². The number of carbonyl (C=O) groups is 3. The highest BCUT2D eigenvalue weighted by Crippen LogP contribution is 2.25. The van der Waals surface area contributed by atoms with Gasteiger partial charge in [0.1, 0.15) is 5.78 Å². The van der Waals surface area contributed by atoms with E-state index in [0.717, 1.165) is 5.56 Å². The monoisotopic (exact) mass is 276 g/mol. The van der Waals surface area contributed by atoms with E-state index in [1.54, 1.807) is 24.3 Å². The minimum Gasteiger partial charge on any atom is -0.481 e. The Hall–Kier alpha value is -2.43. The van der Waals surface area contributed by atoms with Gasteiger partial charge >= 0.3 is 11.9 Å². The molecule has 0 spiro atoms. The summed E-state index contributed by atoms with van der Waals surface area (Å²) >= 11 is 0. The summed E-state index contributed by atoms with van der Waals surface area (Å²) < 4.78 is 0. The summed E-state index contributed by atoms with van der Waals surface area (Å²) in [5, 5.41) is 18.0. The Morgan fingerprint density at radius 2 is 1.55 bits per heavy atom. The van der Waals surface area contributed by atoms with Crippen LogP contribution >= 0.6 is 0 Å². The number of carbonyl (C=O) groups excluding carboxylic acids is 1. The van der Waals surface area contributed by atoms with Crippen LogP contribution in [0.1, 0.15) is 30.9 Å². The minimum absolute atomic E-state index is 0.0992. The average molecular weight is 276 g/mol. The lowest BCUT2D eigenvalue weighted by molar-refractivity contribution is -0.139. The summed E-state index contributed by atoms with van der Waals surface area (Å²) in [6.45, 7) is 3.22. The Kier molecular flexibility index (Phi) is 5.20. The molecule has 106 valence electrons. The molecule has 0 amide bonds. The lowest BCUT2D eigenvalue weighted by Crippen LogP contribution is -2.11. The third kappa shape index (κ3) is 4.35. The van der Waals surface area contributed by atoms with Gasteiger partial charge in [-0.1, -0.05) is 29.8 Å². The van der Waals surface area contributed by atoms with Gasteiger partial charge in [0, 0.05) is 6.42 Å². The van der Waals surface area contributed by atoms with E-state index in [2.05, 4.69) is 0 Å². The molecule has 1 aromatic rings. The van der Waals surface area contributed by atoms with Crippen molar-refractivity contribution >= 4 is 23.3 Å². The van der Waals surface area contributed by atoms with Gasteiger partial charge in [-0.15, -0.1) is 0 Å². The van der Waals surface area contributed by atoms with Gasteiger partial charge in [-0.05, 0) is 25.0 Å². The summed E-state index contributed by atoms with van der Waals surface area (Å²) in [6, 6.07) is 6.96. The normalized spacial score (nSPS) is 11.7. The van der Waals surface area contributed by atoms with E-state index in [-0.39, 0.29) is 23.4 Å². The van der Waals surface area contributed by atoms with Gasteiger partial charge in [0.15, 0.2) is 0 Å². The molecule has 1 rings (SSSR count). The van der Waals surface area contributed by atoms with Crippen LogP contribution in [0.15, 0.2) is 29.8 Å². The van der Waals surface area contributed by atoms with Crippen molar-refractivity contribution in [2.75, 3.05) is 0 Å². The second kappa shape index (κ2) is 6.65. The third-order valence-corrected chi connectivity index (χ3v) is 2.78. The smallest absolute Gasteiger partial charge is 0.332 e. The van der Waals surface area contributed by atoms with Crippen molar-refractivity contribution in [3.05, 3.63) is 41.0 Å². The first-order valence-corrected chi connectivity index (χ1v) is 6.05. The van der Waals surface area contributed by atoms with Gasteiger partial charge in [0.2, 0.25) is 0 Å². The standard InChI is InChI=1S/C15H16O5/c1-9-3-5-11(6-4-9)12(7-10(2)16)13(15(19)20)8-14(17)18/h3-6H,7-8H2,1-2H3,(H,17,18)(H,19,20). The van der Waals surface area contributed by atoms with Crippen LogP contribution in [0.25, 0.3) is 5.57 Å². The van der Waals surface area contributed by atoms with Gasteiger partial charge in [-0.25, -0.2) is 4.79 Å². The number of rotatable bonds is 6. The Balaban J connectivity index is 3.40. The molecule has 0 aliphatic rings. The molecule has 0 unspecified atom stereocenters. The first-order chi connectivity index (χ1) is 9.31. The van der Waals surface area contributed by atoms with Crippen LogP contribution in [0.5, 0.6) is 0 Å². The molecule has 5 nitrogen and oxygen atoms in total. The number of hydrogen-bond acceptors (Lipinski definition) is 3. The van der Waals surface area contributed by atoms with Gasteiger partial charge in [-0.3, -0.25) is 9.59 Å². The first kappa shape index (κ1) is 15.6. The van der Waals surface area contributed by atoms with Gasteiger partial charge < -0.3 is 10.2 Å². The largest absolute Gasteiger partial charge is 0.481 e. The lowest BCUT2D eigenvalue weighted by Gasteiger charge is -2.11. The van der Waals surface area contributed by atoms with Crippen molar-refractivity contribution in [2.24, 2.45) is 0 Å². The van der Waals surface area contributed by atoms with Crippen LogP contribution in [0.2, 0.25) is 0 Å². The van der Waals surface area contributed by atoms with Crippen molar-refractivity contribution in [1.82, 2.24) is 0 Å². The molecule has 0 heterocycles. The molecule has 2 N–H and O–H groups in total. The number of aliphatic carboxylic acids is 2. The van der Waals surface area contributed by atoms with E-state index in [1.807, 2.05) is 6.92 Å². The predicted molar refractivity (Wildman–Crippen MR) is 73.3 cm³/mol. The number of hydrogen-bond donors (Lipinski definition) is 2. The molecule has 0 bridgehead atoms. The van der Waals surface area contributed by atoms with E-state index >= 15 is 0 Å². The molecule has 0 radical (unpaired) electrons. The zero-order chi connectivity index (χ0) is 15.3. The highest BCUT2D eigenvalue weighted by molar-refractivity contribution is 6.03. The van der Waals surface area contributed by atoms with E-state index in [1.165, 1.54) is 6.92 Å². The Labute approximate surface area is 116 Å². The molecule has 0 aliphatic heterocycles. The number of benzene rings is 1. The van der Waals surface area contributed by atoms with Crippen LogP contribution in [0, 0.1) is 6.92 Å². The third-order valence-electron chi connectivity index (χ3n) is 2.78. The molecule has 0 aliphatic carbocycles. The second-order valence-corrected chi connectivity index (χ2v) is 4.58. The summed E-state index contributed by atoms with van der Waals surface area (Å²) in [4.78, 5) is 33.4. The SMILES string of the molecule is CC(=O)CC(=C(CC(=O)O)C(=O)O)c1ccc(C)cc1. The maximum Gasteiger partial charge on any atom is 0.332 e. The lowest BCUT2D eigenvalue weighted by atomic mass is 9.93. The summed E-state index contributed by atoms with van der Waals surface area (Å²) in [5.74, 6) is -2.77. The molecule has 1 aromatic carbocycles. The van der Waals surface area contributed by atoms with Gasteiger partial charge in [0.05, 0.1) is 12.0 Å². The fourth-order valence-electron chi connectivity index (χ4n) is 1.85. The fraction of sp³-hybridized carbons (Fsp3) is 0.267. The quantitative estimate of drug-likeness (QED) is 0.778. The van der Waals surface area contributed by atoms with Crippen molar-refractivity contribution in [2.45, 2.75) is 26.7 Å². The Morgan fingerprint density at radius 3 is 1.95 bits per heavy atom. The number of allylic oxidation sites excluding steroid dienone is 1. The predicted octanol–water partition coefficient (Wildman–Crippen LogP) is 2.29. The number of carboxylic acids is 2. The van der Waals surface area contributed by atoms with E-state index in [4.69, 9.17) is 5.11 Å². The molecule has 5 heteroatoms. The Bertz CT molecular complexity index is 566. The molecule has 0 fully saturated rings. The average Bonchev–Trinajstić information content (AvgIpc) is 2.34. The van der Waals surface area contributed by atoms with Crippen LogP contribution in [0.4, 0.5) is 0 Å². The Morgan fingerprint density at radius 1 is 1.00 bits per heavy atom. The maximum absolute atomic E-state index is 11.3. The van der Waals surface area contributed by atoms with Crippen LogP contribution in [-0.4, -0.2) is 27.9 Å². The van der Waals surface area contributed by atoms with Crippen molar-refractivity contribution in [3.8, 4) is 0 Å². The minimum atomic E-state index is -1.32. The zero-order valence-electron chi connectivity index (χ0n) is 11.3. The number of aryl methyl sites for hydroxylation is 1. The maximum atomic E-state index is 11.3. The molecule has 0 saturated heterocycles. The zero-order valence-corrected chi connectivity index (χ0v) is 11.3. The topological polar surface area (TPSA) is 91.7 Å². The van der Waals surface area contributed by atoms with Gasteiger partial charge in [0.25, 0.3) is 0 Å². The molecular formula is C15H16O5. The number of carboxylic acid groups (broad SMARTS) is 2. The van der Waals surface area contributed by atoms with E-state index < -0.39 is 18.4 Å². The second-order valence-electron chi connectivity index (χ2n) is 4.58. The van der Waals surface area contributed by atoms with Crippen LogP contribution < -0.4 is 0 Å². The van der Waals surface area contributed by atoms with Crippen LogP contribution in [-0.2, 0) is 14.4 Å². The van der Waals surface area contributed by atoms with Gasteiger partial charge in [-0.2, -0.15) is 0 Å². The summed E-state index contributed by atoms with van der Waals surface area (Å²) in [6.07, 6.45) is -0.718. The van der Waals surface area contributed by atoms with E-state index in [9.17, 15) is 19.5 Å². The molecule has 0 saturated carbocycles. The molecule has 0 aromatic heterocycles. The van der Waals surface area contributed by atoms with E-state index in [0.29, 0.717) is 5.56 Å². The van der Waals surface area contributed by atoms with Crippen molar-refractivity contribution in [1.29, 1.82) is 0 Å². The number of ketones is 1. The first-order valence-electron chi connectivity index (χ1n) is 6.05. The molecule has 20 heavy (non-hydrogen) atoms. The summed E-state index contributed by atoms with van der Waals surface area (Å²) in [5.41, 5.74) is 1.56. The van der Waals surface area contributed by atoms with Crippen molar-refractivity contribution < 1.29 is 24.6 Å². The summed E-state index contributed by atoms with van der Waals surface area (Å²) in [7, 11) is 0. The molecular weight excluding hydrogens is 260 g/mol. The number of Topliss-reactive ketones (excluding diaryl/α,β-unsaturated/α-hetero) is 1. The fourth-order valence-corrected chi connectivity index (χ4v) is 1.85. The highest BCUT2D eigenvalue weighted by atomic mass is 16.4. The molecule has 0 atom stereocenters. The highest BCUT2D eigenvalue weighted by Gasteiger charge is 2.20.